The fourth-order valence-corrected chi connectivity index (χ4v) is 7.48. The zero-order valence-electron chi connectivity index (χ0n) is 29.3. The Morgan fingerprint density at radius 2 is 0.585 bits per heavy atom. The molecule has 262 valence electrons. The maximum atomic E-state index is 9.92. The molecule has 0 aliphatic rings. The maximum Gasteiger partial charge on any atom is 0.115 e. The predicted octanol–water partition coefficient (Wildman–Crippen LogP) is 10.8. The number of aromatic hydroxyl groups is 4. The first-order chi connectivity index (χ1) is 25.6. The molecule has 1 heterocycles. The quantitative estimate of drug-likeness (QED) is 0.0836. The summed E-state index contributed by atoms with van der Waals surface area (Å²) in [6.45, 7) is 4.28. The van der Waals surface area contributed by atoms with Crippen molar-refractivity contribution in [3.8, 4) is 23.0 Å². The Balaban J connectivity index is 1.06. The van der Waals surface area contributed by atoms with E-state index in [9.17, 15) is 20.4 Å². The second kappa shape index (κ2) is 14.7. The highest BCUT2D eigenvalue weighted by atomic mass is 32.1. The number of hydrogen-bond acceptors (Lipinski definition) is 7. The average Bonchev–Trinajstić information content (AvgIpc) is 3.65. The molecule has 6 nitrogen and oxygen atoms in total. The van der Waals surface area contributed by atoms with Crippen LogP contribution in [0.15, 0.2) is 168 Å². The van der Waals surface area contributed by atoms with Crippen LogP contribution in [-0.4, -0.2) is 32.9 Å². The highest BCUT2D eigenvalue weighted by Crippen LogP contribution is 2.42. The molecule has 0 radical (unpaired) electrons. The smallest absolute Gasteiger partial charge is 0.115 e. The van der Waals surface area contributed by atoms with Gasteiger partial charge in [-0.15, -0.1) is 11.3 Å². The number of aliphatic imine (C=N–C) groups is 2. The van der Waals surface area contributed by atoms with Crippen molar-refractivity contribution in [2.45, 2.75) is 24.7 Å². The van der Waals surface area contributed by atoms with Crippen LogP contribution >= 0.6 is 11.3 Å². The van der Waals surface area contributed by atoms with Gasteiger partial charge in [-0.3, -0.25) is 9.98 Å². The van der Waals surface area contributed by atoms with Crippen molar-refractivity contribution in [2.24, 2.45) is 9.98 Å². The Bertz CT molecular complexity index is 2100. The molecule has 7 aromatic rings. The monoisotopic (exact) mass is 714 g/mol. The zero-order valence-corrected chi connectivity index (χ0v) is 30.1. The van der Waals surface area contributed by atoms with Crippen molar-refractivity contribution in [3.05, 3.63) is 201 Å². The molecular weight excluding hydrogens is 677 g/mol. The first-order valence-corrected chi connectivity index (χ1v) is 18.0. The number of hydrogen-bond donors (Lipinski definition) is 4. The van der Waals surface area contributed by atoms with E-state index >= 15 is 0 Å². The largest absolute Gasteiger partial charge is 0.508 e. The molecule has 6 aromatic carbocycles. The van der Waals surface area contributed by atoms with E-state index < -0.39 is 10.8 Å². The van der Waals surface area contributed by atoms with Gasteiger partial charge in [-0.25, -0.2) is 0 Å². The lowest BCUT2D eigenvalue weighted by Gasteiger charge is -2.32. The molecular formula is C46H38N2O4S. The summed E-state index contributed by atoms with van der Waals surface area (Å²) in [4.78, 5) is 11.5. The summed E-state index contributed by atoms with van der Waals surface area (Å²) in [7, 11) is 0. The van der Waals surface area contributed by atoms with Crippen LogP contribution in [0.1, 0.15) is 57.0 Å². The van der Waals surface area contributed by atoms with Crippen molar-refractivity contribution in [3.63, 3.8) is 0 Å². The van der Waals surface area contributed by atoms with Crippen LogP contribution in [0, 0.1) is 0 Å². The summed E-state index contributed by atoms with van der Waals surface area (Å²) >= 11 is 1.60. The summed E-state index contributed by atoms with van der Waals surface area (Å²) < 4.78 is 0. The molecule has 0 spiro atoms. The lowest BCUT2D eigenvalue weighted by molar-refractivity contribution is 0.473. The van der Waals surface area contributed by atoms with Gasteiger partial charge in [0.25, 0.3) is 0 Å². The molecule has 4 N–H and O–H groups in total. The van der Waals surface area contributed by atoms with Crippen LogP contribution in [-0.2, 0) is 10.8 Å². The van der Waals surface area contributed by atoms with Gasteiger partial charge in [0.05, 0.1) is 11.4 Å². The summed E-state index contributed by atoms with van der Waals surface area (Å²) in [6.07, 6.45) is 3.72. The fraction of sp³-hybridized carbons (Fsp3) is 0.0870. The third kappa shape index (κ3) is 7.34. The summed E-state index contributed by atoms with van der Waals surface area (Å²) in [5, 5.41) is 39.7. The third-order valence-corrected chi connectivity index (χ3v) is 11.0. The van der Waals surface area contributed by atoms with Gasteiger partial charge in [-0.2, -0.15) is 0 Å². The van der Waals surface area contributed by atoms with Gasteiger partial charge in [0.2, 0.25) is 0 Å². The third-order valence-electron chi connectivity index (χ3n) is 10.00. The highest BCUT2D eigenvalue weighted by Gasteiger charge is 2.32. The fourth-order valence-electron chi connectivity index (χ4n) is 6.72. The summed E-state index contributed by atoms with van der Waals surface area (Å²) in [6, 6.07) is 49.3. The predicted molar refractivity (Wildman–Crippen MR) is 215 cm³/mol. The Kier molecular flexibility index (Phi) is 9.68. The van der Waals surface area contributed by atoms with Gasteiger partial charge >= 0.3 is 0 Å². The zero-order chi connectivity index (χ0) is 37.0. The van der Waals surface area contributed by atoms with Crippen LogP contribution in [0.2, 0.25) is 0 Å². The molecule has 0 saturated carbocycles. The molecule has 1 aromatic heterocycles. The number of phenolic OH excluding ortho intramolecular Hbond substituents is 4. The van der Waals surface area contributed by atoms with Gasteiger partial charge < -0.3 is 20.4 Å². The topological polar surface area (TPSA) is 106 Å². The van der Waals surface area contributed by atoms with Gasteiger partial charge in [0.15, 0.2) is 0 Å². The molecule has 7 heteroatoms. The van der Waals surface area contributed by atoms with E-state index in [1.807, 2.05) is 97.4 Å². The van der Waals surface area contributed by atoms with E-state index in [1.54, 1.807) is 59.9 Å². The van der Waals surface area contributed by atoms with Crippen molar-refractivity contribution < 1.29 is 20.4 Å². The first kappa shape index (κ1) is 35.0. The van der Waals surface area contributed by atoms with Crippen molar-refractivity contribution in [2.75, 3.05) is 0 Å². The van der Waals surface area contributed by atoms with E-state index in [0.717, 1.165) is 54.5 Å². The van der Waals surface area contributed by atoms with Crippen LogP contribution in [0.4, 0.5) is 11.4 Å². The van der Waals surface area contributed by atoms with Crippen LogP contribution in [0.5, 0.6) is 23.0 Å². The number of benzene rings is 6. The van der Waals surface area contributed by atoms with E-state index in [4.69, 9.17) is 9.98 Å². The molecule has 0 bridgehead atoms. The average molecular weight is 715 g/mol. The Morgan fingerprint density at radius 3 is 0.830 bits per heavy atom. The van der Waals surface area contributed by atoms with Crippen molar-refractivity contribution in [1.29, 1.82) is 0 Å². The molecule has 53 heavy (non-hydrogen) atoms. The summed E-state index contributed by atoms with van der Waals surface area (Å²) in [5.41, 5.74) is 6.78. The van der Waals surface area contributed by atoms with E-state index in [1.165, 1.54) is 0 Å². The minimum Gasteiger partial charge on any atom is -0.508 e. The van der Waals surface area contributed by atoms with E-state index in [0.29, 0.717) is 0 Å². The molecule has 0 amide bonds. The molecule has 0 aliphatic carbocycles. The number of rotatable bonds is 10. The van der Waals surface area contributed by atoms with Gasteiger partial charge in [-0.1, -0.05) is 72.8 Å². The minimum absolute atomic E-state index is 0.210. The minimum atomic E-state index is -0.523. The molecule has 0 saturated heterocycles. The molecule has 7 rings (SSSR count). The second-order valence-electron chi connectivity index (χ2n) is 13.3. The Hall–Kier alpha value is -6.44. The van der Waals surface area contributed by atoms with Crippen LogP contribution < -0.4 is 0 Å². The molecule has 0 aliphatic heterocycles. The second-order valence-corrected chi connectivity index (χ2v) is 14.4. The SMILES string of the molecule is CC(c1ccc(O)cc1)(c1ccc(O)cc1)c1ccc(N=Cc2ccc(C=Nc3ccc(C(C)(c4ccc(O)cc4)c4ccc(O)cc4)cc3)s2)cc1. The maximum absolute atomic E-state index is 9.92. The van der Waals surface area contributed by atoms with Crippen LogP contribution in [0.25, 0.3) is 0 Å². The normalized spacial score (nSPS) is 12.1. The molecule has 0 unspecified atom stereocenters. The van der Waals surface area contributed by atoms with Gasteiger partial charge in [0.1, 0.15) is 23.0 Å². The number of thiophene rings is 1. The first-order valence-electron chi connectivity index (χ1n) is 17.2. The molecule has 0 fully saturated rings. The van der Waals surface area contributed by atoms with Gasteiger partial charge in [-0.05, 0) is 132 Å². The Morgan fingerprint density at radius 1 is 0.358 bits per heavy atom. The standard InChI is InChI=1S/C46H38N2O4S/c1-45(33-7-19-39(49)20-8-33,34-9-21-40(50)22-10-34)31-3-15-37(16-4-31)47-29-43-27-28-44(53-43)30-48-38-17-5-32(6-18-38)46(2,35-11-23-41(51)24-12-35)36-13-25-42(52)26-14-36/h3-30,49-52H,1-2H3. The lowest BCUT2D eigenvalue weighted by Crippen LogP contribution is -2.25. The van der Waals surface area contributed by atoms with E-state index in [-0.39, 0.29) is 23.0 Å². The van der Waals surface area contributed by atoms with E-state index in [2.05, 4.69) is 38.1 Å². The number of nitrogens with zero attached hydrogens (tertiary/aromatic N) is 2. The number of phenols is 4. The lowest BCUT2D eigenvalue weighted by atomic mass is 9.71. The Labute approximate surface area is 313 Å². The van der Waals surface area contributed by atoms with Gasteiger partial charge in [0, 0.05) is 33.0 Å². The molecule has 0 atom stereocenters. The highest BCUT2D eigenvalue weighted by molar-refractivity contribution is 7.15. The van der Waals surface area contributed by atoms with Crippen LogP contribution in [0.3, 0.4) is 0 Å². The van der Waals surface area contributed by atoms with Crippen molar-refractivity contribution >= 4 is 35.1 Å². The summed E-state index contributed by atoms with van der Waals surface area (Å²) in [5.74, 6) is 0.840. The van der Waals surface area contributed by atoms with Crippen molar-refractivity contribution in [1.82, 2.24) is 0 Å².